The maximum atomic E-state index is 6.82. The lowest BCUT2D eigenvalue weighted by Gasteiger charge is -2.15. The molecule has 0 aliphatic rings. The molecule has 2 heteroatoms. The van der Waals surface area contributed by atoms with Gasteiger partial charge in [0.2, 0.25) is 0 Å². The van der Waals surface area contributed by atoms with Crippen LogP contribution in [0.1, 0.15) is 0 Å². The van der Waals surface area contributed by atoms with Crippen LogP contribution < -0.4 is 0 Å². The molecule has 0 N–H and O–H groups in total. The van der Waals surface area contributed by atoms with Gasteiger partial charge in [-0.05, 0) is 73.8 Å². The van der Waals surface area contributed by atoms with Gasteiger partial charge in [0.25, 0.3) is 0 Å². The highest BCUT2D eigenvalue weighted by atomic mass is 35.5. The van der Waals surface area contributed by atoms with Crippen molar-refractivity contribution in [2.45, 2.75) is 0 Å². The Morgan fingerprint density at radius 2 is 1.00 bits per heavy atom. The Labute approximate surface area is 223 Å². The molecule has 0 bridgehead atoms. The van der Waals surface area contributed by atoms with E-state index in [2.05, 4.69) is 126 Å². The largest absolute Gasteiger partial charge is 0.308 e. The smallest absolute Gasteiger partial charge is 0.0620 e. The van der Waals surface area contributed by atoms with Crippen molar-refractivity contribution in [3.8, 4) is 11.1 Å². The third kappa shape index (κ3) is 2.52. The van der Waals surface area contributed by atoms with E-state index in [4.69, 9.17) is 11.6 Å². The standard InChI is InChI=1S/C36H20ClN/c37-22-19-30(35-27-12-4-3-9-24(27)23-8-1-2-10-25(23)32(35)20-22)21-16-17-34-31(18-21)29-14-7-13-28-26-11-5-6-15-33(26)38(34)36(28)29/h1-20H. The van der Waals surface area contributed by atoms with E-state index in [9.17, 15) is 0 Å². The topological polar surface area (TPSA) is 4.41 Å². The number of fused-ring (bicyclic) bond motifs is 12. The molecule has 0 fully saturated rings. The Morgan fingerprint density at radius 1 is 0.421 bits per heavy atom. The van der Waals surface area contributed by atoms with Crippen LogP contribution in [0, 0.1) is 0 Å². The minimum atomic E-state index is 0.757. The van der Waals surface area contributed by atoms with Gasteiger partial charge in [-0.1, -0.05) is 103 Å². The Balaban J connectivity index is 1.45. The summed E-state index contributed by atoms with van der Waals surface area (Å²) in [6, 6.07) is 44.0. The first kappa shape index (κ1) is 20.5. The van der Waals surface area contributed by atoms with Gasteiger partial charge >= 0.3 is 0 Å². The van der Waals surface area contributed by atoms with Crippen LogP contribution >= 0.6 is 11.6 Å². The van der Waals surface area contributed by atoms with Crippen molar-refractivity contribution in [3.05, 3.63) is 126 Å². The first-order chi connectivity index (χ1) is 18.8. The quantitative estimate of drug-likeness (QED) is 0.197. The highest BCUT2D eigenvalue weighted by Gasteiger charge is 2.19. The normalized spacial score (nSPS) is 12.3. The molecule has 38 heavy (non-hydrogen) atoms. The second kappa shape index (κ2) is 7.25. The summed E-state index contributed by atoms with van der Waals surface area (Å²) in [5, 5.41) is 13.4. The minimum Gasteiger partial charge on any atom is -0.308 e. The zero-order valence-electron chi connectivity index (χ0n) is 20.4. The average molecular weight is 502 g/mol. The molecule has 0 amide bonds. The van der Waals surface area contributed by atoms with Crippen molar-refractivity contribution in [3.63, 3.8) is 0 Å². The summed E-state index contributed by atoms with van der Waals surface area (Å²) in [4.78, 5) is 0. The van der Waals surface area contributed by atoms with E-state index in [1.165, 1.54) is 81.5 Å². The summed E-state index contributed by atoms with van der Waals surface area (Å²) in [7, 11) is 0. The lowest BCUT2D eigenvalue weighted by atomic mass is 9.89. The maximum absolute atomic E-state index is 6.82. The predicted octanol–water partition coefficient (Wildman–Crippen LogP) is 10.6. The highest BCUT2D eigenvalue weighted by Crippen LogP contribution is 2.44. The number of benzene rings is 7. The van der Waals surface area contributed by atoms with Crippen molar-refractivity contribution >= 4 is 82.0 Å². The van der Waals surface area contributed by atoms with Crippen LogP contribution in [0.25, 0.3) is 81.5 Å². The van der Waals surface area contributed by atoms with Crippen molar-refractivity contribution in [2.75, 3.05) is 0 Å². The second-order valence-electron chi connectivity index (χ2n) is 10.3. The summed E-state index contributed by atoms with van der Waals surface area (Å²) in [6.07, 6.45) is 0. The third-order valence-corrected chi connectivity index (χ3v) is 8.56. The number of aromatic nitrogens is 1. The fourth-order valence-electron chi connectivity index (χ4n) is 6.83. The molecule has 0 unspecified atom stereocenters. The van der Waals surface area contributed by atoms with Crippen LogP contribution in [0.4, 0.5) is 0 Å². The number of rotatable bonds is 1. The van der Waals surface area contributed by atoms with E-state index in [1.807, 2.05) is 0 Å². The Bertz CT molecular complexity index is 2410. The molecule has 0 saturated heterocycles. The van der Waals surface area contributed by atoms with E-state index in [1.54, 1.807) is 0 Å². The van der Waals surface area contributed by atoms with E-state index < -0.39 is 0 Å². The lowest BCUT2D eigenvalue weighted by molar-refractivity contribution is 1.37. The molecule has 0 aliphatic heterocycles. The van der Waals surface area contributed by atoms with Crippen LogP contribution in [-0.4, -0.2) is 4.40 Å². The fourth-order valence-corrected chi connectivity index (χ4v) is 7.04. The average Bonchev–Trinajstić information content (AvgIpc) is 3.49. The predicted molar refractivity (Wildman–Crippen MR) is 164 cm³/mol. The summed E-state index contributed by atoms with van der Waals surface area (Å²) >= 11 is 6.82. The number of nitrogens with zero attached hydrogens (tertiary/aromatic N) is 1. The second-order valence-corrected chi connectivity index (χ2v) is 10.7. The molecule has 0 atom stereocenters. The first-order valence-electron chi connectivity index (χ1n) is 13.0. The highest BCUT2D eigenvalue weighted by molar-refractivity contribution is 6.35. The lowest BCUT2D eigenvalue weighted by Crippen LogP contribution is -1.88. The Hall–Kier alpha value is -4.59. The van der Waals surface area contributed by atoms with Crippen molar-refractivity contribution in [2.24, 2.45) is 0 Å². The molecular formula is C36H20ClN. The van der Waals surface area contributed by atoms with Crippen molar-refractivity contribution in [1.29, 1.82) is 0 Å². The van der Waals surface area contributed by atoms with Gasteiger partial charge < -0.3 is 4.40 Å². The van der Waals surface area contributed by atoms with Crippen LogP contribution in [0.15, 0.2) is 121 Å². The number of para-hydroxylation sites is 2. The number of halogens is 1. The van der Waals surface area contributed by atoms with Gasteiger partial charge in [-0.15, -0.1) is 0 Å². The summed E-state index contributed by atoms with van der Waals surface area (Å²) in [6.45, 7) is 0. The van der Waals surface area contributed by atoms with Crippen LogP contribution in [0.3, 0.4) is 0 Å². The van der Waals surface area contributed by atoms with Crippen LogP contribution in [0.5, 0.6) is 0 Å². The Morgan fingerprint density at radius 3 is 1.79 bits per heavy atom. The molecular weight excluding hydrogens is 482 g/mol. The van der Waals surface area contributed by atoms with E-state index in [0.717, 1.165) is 5.02 Å². The van der Waals surface area contributed by atoms with Gasteiger partial charge in [-0.25, -0.2) is 0 Å². The Kier molecular flexibility index (Phi) is 3.90. The number of hydrogen-bond acceptors (Lipinski definition) is 0. The van der Waals surface area contributed by atoms with Crippen LogP contribution in [-0.2, 0) is 0 Å². The van der Waals surface area contributed by atoms with Gasteiger partial charge in [-0.3, -0.25) is 0 Å². The van der Waals surface area contributed by atoms with Crippen molar-refractivity contribution < 1.29 is 0 Å². The molecule has 9 rings (SSSR count). The van der Waals surface area contributed by atoms with Gasteiger partial charge in [0.1, 0.15) is 0 Å². The van der Waals surface area contributed by atoms with Crippen molar-refractivity contribution in [1.82, 2.24) is 4.40 Å². The summed E-state index contributed by atoms with van der Waals surface area (Å²) < 4.78 is 2.43. The zero-order valence-corrected chi connectivity index (χ0v) is 21.1. The first-order valence-corrected chi connectivity index (χ1v) is 13.4. The molecule has 0 saturated carbocycles. The van der Waals surface area contributed by atoms with Gasteiger partial charge in [0.05, 0.1) is 16.6 Å². The molecule has 2 aromatic heterocycles. The van der Waals surface area contributed by atoms with E-state index >= 15 is 0 Å². The molecule has 2 heterocycles. The summed E-state index contributed by atoms with van der Waals surface area (Å²) in [5.74, 6) is 0. The molecule has 1 nitrogen and oxygen atoms in total. The number of hydrogen-bond donors (Lipinski definition) is 0. The molecule has 0 radical (unpaired) electrons. The van der Waals surface area contributed by atoms with E-state index in [-0.39, 0.29) is 0 Å². The minimum absolute atomic E-state index is 0.757. The molecule has 0 aliphatic carbocycles. The SMILES string of the molecule is Clc1cc(-c2ccc3c(c2)c2cccc4c5ccccc5n3c42)c2c3ccccc3c3ccccc3c2c1. The van der Waals surface area contributed by atoms with E-state index in [0.29, 0.717) is 0 Å². The maximum Gasteiger partial charge on any atom is 0.0620 e. The summed E-state index contributed by atoms with van der Waals surface area (Å²) in [5.41, 5.74) is 6.15. The van der Waals surface area contributed by atoms with Gasteiger partial charge in [0.15, 0.2) is 0 Å². The zero-order chi connectivity index (χ0) is 25.0. The molecule has 0 spiro atoms. The van der Waals surface area contributed by atoms with Gasteiger partial charge in [0, 0.05) is 26.6 Å². The molecule has 7 aromatic carbocycles. The fraction of sp³-hybridized carbons (Fsp3) is 0. The third-order valence-electron chi connectivity index (χ3n) is 8.34. The monoisotopic (exact) mass is 501 g/mol. The molecule has 9 aromatic rings. The molecule has 176 valence electrons. The van der Waals surface area contributed by atoms with Gasteiger partial charge in [-0.2, -0.15) is 0 Å². The van der Waals surface area contributed by atoms with Crippen LogP contribution in [0.2, 0.25) is 5.02 Å².